The van der Waals surface area contributed by atoms with Crippen molar-refractivity contribution in [3.05, 3.63) is 42.4 Å². The summed E-state index contributed by atoms with van der Waals surface area (Å²) in [7, 11) is 0. The largest absolute Gasteiger partial charge is 0.417 e. The molecule has 1 N–H and O–H groups in total. The predicted molar refractivity (Wildman–Crippen MR) is 91.1 cm³/mol. The maximum Gasteiger partial charge on any atom is 0.417 e. The minimum atomic E-state index is -4.44. The maximum absolute atomic E-state index is 13.0. The van der Waals surface area contributed by atoms with Gasteiger partial charge in [0.05, 0.1) is 17.4 Å². The second-order valence-corrected chi connectivity index (χ2v) is 7.40. The van der Waals surface area contributed by atoms with E-state index in [1.165, 1.54) is 16.7 Å². The van der Waals surface area contributed by atoms with Gasteiger partial charge in [0.15, 0.2) is 5.82 Å². The number of aliphatic hydroxyl groups is 1. The van der Waals surface area contributed by atoms with Crippen molar-refractivity contribution in [2.45, 2.75) is 24.6 Å². The van der Waals surface area contributed by atoms with Gasteiger partial charge >= 0.3 is 6.18 Å². The van der Waals surface area contributed by atoms with Crippen LogP contribution in [0.25, 0.3) is 17.2 Å². The molecule has 3 aromatic rings. The van der Waals surface area contributed by atoms with Gasteiger partial charge in [-0.05, 0) is 37.0 Å². The summed E-state index contributed by atoms with van der Waals surface area (Å²) >= 11 is 0. The number of aromatic nitrogens is 4. The van der Waals surface area contributed by atoms with Crippen molar-refractivity contribution >= 4 is 11.5 Å². The zero-order valence-corrected chi connectivity index (χ0v) is 14.2. The van der Waals surface area contributed by atoms with Gasteiger partial charge in [-0.2, -0.15) is 13.2 Å². The molecule has 2 bridgehead atoms. The molecule has 0 amide bonds. The van der Waals surface area contributed by atoms with E-state index in [1.807, 2.05) is 4.90 Å². The second-order valence-electron chi connectivity index (χ2n) is 7.40. The van der Waals surface area contributed by atoms with E-state index in [0.29, 0.717) is 35.4 Å². The van der Waals surface area contributed by atoms with Gasteiger partial charge in [0, 0.05) is 25.5 Å². The number of hydrogen-bond donors (Lipinski definition) is 1. The van der Waals surface area contributed by atoms with Crippen molar-refractivity contribution in [1.29, 1.82) is 0 Å². The molecule has 0 spiro atoms. The van der Waals surface area contributed by atoms with Crippen molar-refractivity contribution in [2.75, 3.05) is 18.0 Å². The summed E-state index contributed by atoms with van der Waals surface area (Å²) < 4.78 is 40.5. The van der Waals surface area contributed by atoms with Crippen LogP contribution in [0.3, 0.4) is 0 Å². The molecule has 3 aliphatic rings. The Balaban J connectivity index is 1.53. The van der Waals surface area contributed by atoms with E-state index < -0.39 is 17.3 Å². The summed E-state index contributed by atoms with van der Waals surface area (Å²) in [6.45, 7) is 1.31. The first-order valence-corrected chi connectivity index (χ1v) is 8.66. The Labute approximate surface area is 152 Å². The highest BCUT2D eigenvalue weighted by molar-refractivity contribution is 5.59. The molecule has 2 aliphatic heterocycles. The zero-order chi connectivity index (χ0) is 18.8. The highest BCUT2D eigenvalue weighted by atomic mass is 19.4. The number of hydrogen-bond acceptors (Lipinski definition) is 5. The average Bonchev–Trinajstić information content (AvgIpc) is 3.03. The smallest absolute Gasteiger partial charge is 0.388 e. The van der Waals surface area contributed by atoms with Crippen LogP contribution < -0.4 is 4.90 Å². The van der Waals surface area contributed by atoms with E-state index in [4.69, 9.17) is 0 Å². The molecule has 3 fully saturated rings. The van der Waals surface area contributed by atoms with Crippen LogP contribution in [-0.4, -0.2) is 43.1 Å². The van der Waals surface area contributed by atoms with Crippen LogP contribution in [0.5, 0.6) is 0 Å². The van der Waals surface area contributed by atoms with Crippen LogP contribution in [0.4, 0.5) is 19.0 Å². The first-order valence-electron chi connectivity index (χ1n) is 8.66. The van der Waals surface area contributed by atoms with Gasteiger partial charge in [-0.25, -0.2) is 15.0 Å². The number of piperidine rings is 2. The zero-order valence-electron chi connectivity index (χ0n) is 14.2. The molecule has 27 heavy (non-hydrogen) atoms. The highest BCUT2D eigenvalue weighted by Gasteiger charge is 2.49. The van der Waals surface area contributed by atoms with E-state index in [1.54, 1.807) is 12.3 Å². The number of pyridine rings is 1. The van der Waals surface area contributed by atoms with E-state index in [0.717, 1.165) is 31.6 Å². The van der Waals surface area contributed by atoms with E-state index in [9.17, 15) is 18.3 Å². The summed E-state index contributed by atoms with van der Waals surface area (Å²) in [6.07, 6.45) is 1.24. The molecule has 9 heteroatoms. The van der Waals surface area contributed by atoms with Crippen molar-refractivity contribution in [3.8, 4) is 11.5 Å². The van der Waals surface area contributed by atoms with Crippen LogP contribution in [0.1, 0.15) is 18.4 Å². The Morgan fingerprint density at radius 3 is 2.70 bits per heavy atom. The fourth-order valence-electron chi connectivity index (χ4n) is 4.14. The molecule has 6 nitrogen and oxygen atoms in total. The van der Waals surface area contributed by atoms with Gasteiger partial charge in [-0.15, -0.1) is 0 Å². The minimum Gasteiger partial charge on any atom is -0.388 e. The lowest BCUT2D eigenvalue weighted by molar-refractivity contribution is -0.137. The molecular formula is C18H16F3N5O. The van der Waals surface area contributed by atoms with E-state index >= 15 is 0 Å². The number of alkyl halides is 3. The molecule has 1 saturated carbocycles. The van der Waals surface area contributed by atoms with Crippen LogP contribution in [-0.2, 0) is 6.18 Å². The molecule has 6 rings (SSSR count). The minimum absolute atomic E-state index is 0.297. The Kier molecular flexibility index (Phi) is 3.31. The summed E-state index contributed by atoms with van der Waals surface area (Å²) in [4.78, 5) is 14.9. The predicted octanol–water partition coefficient (Wildman–Crippen LogP) is 2.77. The summed E-state index contributed by atoms with van der Waals surface area (Å²) in [5, 5.41) is 10.4. The lowest BCUT2D eigenvalue weighted by atomic mass is 9.67. The third-order valence-corrected chi connectivity index (χ3v) is 5.33. The Morgan fingerprint density at radius 2 is 1.96 bits per heavy atom. The molecule has 0 radical (unpaired) electrons. The molecule has 3 aromatic heterocycles. The third kappa shape index (κ3) is 2.73. The lowest BCUT2D eigenvalue weighted by Gasteiger charge is -2.53. The van der Waals surface area contributed by atoms with Gasteiger partial charge in [-0.1, -0.05) is 0 Å². The lowest BCUT2D eigenvalue weighted by Crippen LogP contribution is -2.61. The molecular weight excluding hydrogens is 359 g/mol. The first-order chi connectivity index (χ1) is 12.8. The molecule has 140 valence electrons. The fourth-order valence-corrected chi connectivity index (χ4v) is 4.14. The Morgan fingerprint density at radius 1 is 1.15 bits per heavy atom. The van der Waals surface area contributed by atoms with Crippen molar-refractivity contribution in [2.24, 2.45) is 5.92 Å². The van der Waals surface area contributed by atoms with Crippen molar-refractivity contribution < 1.29 is 18.3 Å². The molecule has 0 aromatic carbocycles. The highest BCUT2D eigenvalue weighted by Crippen LogP contribution is 2.44. The fraction of sp³-hybridized carbons (Fsp3) is 0.389. The average molecular weight is 375 g/mol. The van der Waals surface area contributed by atoms with E-state index in [2.05, 4.69) is 15.0 Å². The number of rotatable bonds is 2. The molecule has 0 unspecified atom stereocenters. The van der Waals surface area contributed by atoms with Gasteiger partial charge in [-0.3, -0.25) is 4.40 Å². The summed E-state index contributed by atoms with van der Waals surface area (Å²) in [5.74, 6) is 1.41. The van der Waals surface area contributed by atoms with Gasteiger partial charge in [0.1, 0.15) is 17.2 Å². The topological polar surface area (TPSA) is 66.5 Å². The molecule has 0 atom stereocenters. The van der Waals surface area contributed by atoms with Crippen molar-refractivity contribution in [3.63, 3.8) is 0 Å². The monoisotopic (exact) mass is 375 g/mol. The second kappa shape index (κ2) is 5.41. The van der Waals surface area contributed by atoms with E-state index in [-0.39, 0.29) is 0 Å². The molecule has 5 heterocycles. The Bertz CT molecular complexity index is 1030. The normalized spacial score (nSPS) is 24.9. The first kappa shape index (κ1) is 16.5. The standard InChI is InChI=1S/C18H16F3N5O/c19-18(20,21)12-1-2-14-23-7-13(26(14)9-12)16-22-4-3-15(24-16)25-8-11-5-17(27,6-11)10-25/h1-4,7,9,11,27H,5-6,8,10H2. The number of halogens is 3. The maximum atomic E-state index is 13.0. The van der Waals surface area contributed by atoms with Gasteiger partial charge < -0.3 is 10.0 Å². The number of fused-ring (bicyclic) bond motifs is 3. The summed E-state index contributed by atoms with van der Waals surface area (Å²) in [5.41, 5.74) is -0.637. The van der Waals surface area contributed by atoms with Crippen LogP contribution in [0.2, 0.25) is 0 Å². The van der Waals surface area contributed by atoms with Crippen molar-refractivity contribution in [1.82, 2.24) is 19.4 Å². The van der Waals surface area contributed by atoms with Crippen LogP contribution >= 0.6 is 0 Å². The van der Waals surface area contributed by atoms with Gasteiger partial charge in [0.2, 0.25) is 0 Å². The van der Waals surface area contributed by atoms with Crippen LogP contribution in [0, 0.1) is 5.92 Å². The van der Waals surface area contributed by atoms with Gasteiger partial charge in [0.25, 0.3) is 0 Å². The molecule has 2 saturated heterocycles. The number of imidazole rings is 1. The summed E-state index contributed by atoms with van der Waals surface area (Å²) in [6, 6.07) is 4.08. The third-order valence-electron chi connectivity index (χ3n) is 5.33. The SMILES string of the molecule is OC12CC(CN(c3ccnc(-c4cnc5ccc(C(F)(F)F)cn45)n3)C1)C2. The quantitative estimate of drug-likeness (QED) is 0.746. The van der Waals surface area contributed by atoms with Crippen LogP contribution in [0.15, 0.2) is 36.8 Å². The number of anilines is 1. The number of nitrogens with zero attached hydrogens (tertiary/aromatic N) is 5. The molecule has 1 aliphatic carbocycles. The Hall–Kier alpha value is -2.68.